The number of rotatable bonds is 4. The summed E-state index contributed by atoms with van der Waals surface area (Å²) in [7, 11) is 3.78. The van der Waals surface area contributed by atoms with Crippen LogP contribution in [0.4, 0.5) is 10.6 Å². The van der Waals surface area contributed by atoms with E-state index in [4.69, 9.17) is 9.72 Å². The average Bonchev–Trinajstić information content (AvgIpc) is 2.73. The van der Waals surface area contributed by atoms with Crippen molar-refractivity contribution in [2.24, 2.45) is 0 Å². The Labute approximate surface area is 171 Å². The van der Waals surface area contributed by atoms with Crippen molar-refractivity contribution in [1.82, 2.24) is 14.8 Å². The van der Waals surface area contributed by atoms with Gasteiger partial charge in [0.25, 0.3) is 5.91 Å². The van der Waals surface area contributed by atoms with Crippen molar-refractivity contribution in [3.63, 3.8) is 0 Å². The second-order valence-corrected chi connectivity index (χ2v) is 7.26. The highest BCUT2D eigenvalue weighted by atomic mass is 16.6. The van der Waals surface area contributed by atoms with E-state index in [1.54, 1.807) is 16.7 Å². The third-order valence-corrected chi connectivity index (χ3v) is 5.04. The minimum absolute atomic E-state index is 0.0685. The summed E-state index contributed by atoms with van der Waals surface area (Å²) in [4.78, 5) is 35.1. The Morgan fingerprint density at radius 2 is 1.69 bits per heavy atom. The molecule has 1 aromatic carbocycles. The van der Waals surface area contributed by atoms with Crippen molar-refractivity contribution in [3.8, 4) is 11.3 Å². The third-order valence-electron chi connectivity index (χ3n) is 5.04. The van der Waals surface area contributed by atoms with Gasteiger partial charge >= 0.3 is 6.09 Å². The normalized spacial score (nSPS) is 13.9. The molecule has 0 N–H and O–H groups in total. The van der Waals surface area contributed by atoms with Crippen LogP contribution in [0.5, 0.6) is 0 Å². The fraction of sp³-hybridized carbons (Fsp3) is 0.409. The van der Waals surface area contributed by atoms with Crippen molar-refractivity contribution in [3.05, 3.63) is 47.5 Å². The molecule has 3 rings (SSSR count). The number of carbonyl (C=O) groups is 2. The number of aromatic nitrogens is 1. The summed E-state index contributed by atoms with van der Waals surface area (Å²) in [6.45, 7) is 6.08. The molecule has 29 heavy (non-hydrogen) atoms. The molecule has 0 saturated carbocycles. The van der Waals surface area contributed by atoms with Crippen LogP contribution in [0, 0.1) is 6.92 Å². The number of ether oxygens (including phenoxy) is 1. The van der Waals surface area contributed by atoms with Crippen LogP contribution in [-0.2, 0) is 4.74 Å². The van der Waals surface area contributed by atoms with Crippen molar-refractivity contribution in [2.45, 2.75) is 13.8 Å². The lowest BCUT2D eigenvalue weighted by Gasteiger charge is -2.34. The molecule has 0 radical (unpaired) electrons. The lowest BCUT2D eigenvalue weighted by Crippen LogP contribution is -2.50. The first-order valence-electron chi connectivity index (χ1n) is 9.87. The van der Waals surface area contributed by atoms with E-state index >= 15 is 0 Å². The molecule has 1 aliphatic rings. The first kappa shape index (κ1) is 20.6. The first-order valence-corrected chi connectivity index (χ1v) is 9.87. The Kier molecular flexibility index (Phi) is 6.36. The molecule has 0 spiro atoms. The number of benzene rings is 1. The van der Waals surface area contributed by atoms with Gasteiger partial charge in [0.15, 0.2) is 0 Å². The highest BCUT2D eigenvalue weighted by molar-refractivity contribution is 5.99. The molecule has 1 fully saturated rings. The van der Waals surface area contributed by atoms with E-state index in [1.807, 2.05) is 49.3 Å². The molecule has 7 nitrogen and oxygen atoms in total. The summed E-state index contributed by atoms with van der Waals surface area (Å²) < 4.78 is 5.04. The van der Waals surface area contributed by atoms with Crippen LogP contribution in [0.2, 0.25) is 0 Å². The highest BCUT2D eigenvalue weighted by Crippen LogP contribution is 2.27. The Morgan fingerprint density at radius 3 is 2.31 bits per heavy atom. The maximum atomic E-state index is 13.2. The van der Waals surface area contributed by atoms with Crippen LogP contribution >= 0.6 is 0 Å². The van der Waals surface area contributed by atoms with Gasteiger partial charge in [-0.25, -0.2) is 9.78 Å². The summed E-state index contributed by atoms with van der Waals surface area (Å²) in [5, 5.41) is 0. The molecule has 0 bridgehead atoms. The molecule has 0 unspecified atom stereocenters. The topological polar surface area (TPSA) is 66.0 Å². The maximum Gasteiger partial charge on any atom is 0.409 e. The van der Waals surface area contributed by atoms with E-state index in [1.165, 1.54) is 0 Å². The van der Waals surface area contributed by atoms with Gasteiger partial charge in [0.2, 0.25) is 0 Å². The van der Waals surface area contributed by atoms with Crippen LogP contribution in [0.25, 0.3) is 11.3 Å². The summed E-state index contributed by atoms with van der Waals surface area (Å²) in [5.74, 6) is 0.574. The fourth-order valence-corrected chi connectivity index (χ4v) is 3.44. The number of hydrogen-bond acceptors (Lipinski definition) is 5. The number of piperazine rings is 1. The molecular weight excluding hydrogens is 368 g/mol. The van der Waals surface area contributed by atoms with E-state index in [-0.39, 0.29) is 12.0 Å². The van der Waals surface area contributed by atoms with Gasteiger partial charge < -0.3 is 19.4 Å². The van der Waals surface area contributed by atoms with Crippen LogP contribution in [0.1, 0.15) is 22.8 Å². The highest BCUT2D eigenvalue weighted by Gasteiger charge is 2.27. The lowest BCUT2D eigenvalue weighted by atomic mass is 10.0. The van der Waals surface area contributed by atoms with Gasteiger partial charge in [-0.05, 0) is 31.5 Å². The molecule has 154 valence electrons. The molecule has 0 aliphatic carbocycles. The third kappa shape index (κ3) is 4.50. The number of anilines is 1. The number of aryl methyl sites for hydroxylation is 1. The predicted molar refractivity (Wildman–Crippen MR) is 113 cm³/mol. The standard InChI is InChI=1S/C22H28N4O3/c1-5-29-22(28)26-14-12-25(13-15-26)21(27)18-10-11-19(23-20(18)24(3)4)17-9-7-6-8-16(17)2/h6-11H,5,12-15H2,1-4H3. The van der Waals surface area contributed by atoms with E-state index in [2.05, 4.69) is 13.0 Å². The van der Waals surface area contributed by atoms with Crippen LogP contribution in [-0.4, -0.2) is 73.7 Å². The fourth-order valence-electron chi connectivity index (χ4n) is 3.44. The number of hydrogen-bond donors (Lipinski definition) is 0. The Balaban J connectivity index is 1.81. The van der Waals surface area contributed by atoms with Gasteiger partial charge in [-0.15, -0.1) is 0 Å². The molecule has 1 aromatic heterocycles. The molecule has 2 heterocycles. The van der Waals surface area contributed by atoms with Crippen LogP contribution in [0.3, 0.4) is 0 Å². The largest absolute Gasteiger partial charge is 0.450 e. The second kappa shape index (κ2) is 8.94. The number of amides is 2. The SMILES string of the molecule is CCOC(=O)N1CCN(C(=O)c2ccc(-c3ccccc3C)nc2N(C)C)CC1. The van der Waals surface area contributed by atoms with E-state index in [9.17, 15) is 9.59 Å². The summed E-state index contributed by atoms with van der Waals surface area (Å²) in [5.41, 5.74) is 3.60. The van der Waals surface area contributed by atoms with Gasteiger partial charge in [-0.3, -0.25) is 4.79 Å². The van der Waals surface area contributed by atoms with Gasteiger partial charge in [-0.2, -0.15) is 0 Å². The molecule has 7 heteroatoms. The maximum absolute atomic E-state index is 13.2. The van der Waals surface area contributed by atoms with E-state index < -0.39 is 0 Å². The number of pyridine rings is 1. The molecular formula is C22H28N4O3. The monoisotopic (exact) mass is 396 g/mol. The smallest absolute Gasteiger partial charge is 0.409 e. The minimum atomic E-state index is -0.321. The summed E-state index contributed by atoms with van der Waals surface area (Å²) in [6, 6.07) is 11.8. The molecule has 0 atom stereocenters. The molecule has 1 aliphatic heterocycles. The zero-order valence-corrected chi connectivity index (χ0v) is 17.5. The van der Waals surface area contributed by atoms with Crippen LogP contribution < -0.4 is 4.90 Å². The predicted octanol–water partition coefficient (Wildman–Crippen LogP) is 3.04. The number of carbonyl (C=O) groups excluding carboxylic acids is 2. The minimum Gasteiger partial charge on any atom is -0.450 e. The average molecular weight is 396 g/mol. The van der Waals surface area contributed by atoms with Gasteiger partial charge in [0.05, 0.1) is 17.9 Å². The number of nitrogens with zero attached hydrogens (tertiary/aromatic N) is 4. The van der Waals surface area contributed by atoms with Crippen LogP contribution in [0.15, 0.2) is 36.4 Å². The van der Waals surface area contributed by atoms with Crippen molar-refractivity contribution in [1.29, 1.82) is 0 Å². The zero-order chi connectivity index (χ0) is 21.0. The van der Waals surface area contributed by atoms with Crippen molar-refractivity contribution >= 4 is 17.8 Å². The van der Waals surface area contributed by atoms with Gasteiger partial charge in [0.1, 0.15) is 5.82 Å². The summed E-state index contributed by atoms with van der Waals surface area (Å²) >= 11 is 0. The van der Waals surface area contributed by atoms with Crippen molar-refractivity contribution in [2.75, 3.05) is 51.8 Å². The molecule has 2 aromatic rings. The molecule has 1 saturated heterocycles. The van der Waals surface area contributed by atoms with Gasteiger partial charge in [0, 0.05) is 45.8 Å². The Morgan fingerprint density at radius 1 is 1.03 bits per heavy atom. The Hall–Kier alpha value is -3.09. The Bertz CT molecular complexity index is 889. The zero-order valence-electron chi connectivity index (χ0n) is 17.5. The lowest BCUT2D eigenvalue weighted by molar-refractivity contribution is 0.0570. The van der Waals surface area contributed by atoms with E-state index in [0.29, 0.717) is 44.2 Å². The summed E-state index contributed by atoms with van der Waals surface area (Å²) in [6.07, 6.45) is -0.321. The van der Waals surface area contributed by atoms with E-state index in [0.717, 1.165) is 16.8 Å². The quantitative estimate of drug-likeness (QED) is 0.795. The van der Waals surface area contributed by atoms with Crippen molar-refractivity contribution < 1.29 is 14.3 Å². The van der Waals surface area contributed by atoms with Gasteiger partial charge in [-0.1, -0.05) is 24.3 Å². The second-order valence-electron chi connectivity index (χ2n) is 7.26. The molecule has 2 amide bonds. The first-order chi connectivity index (χ1) is 13.9.